The molecule has 2 aromatic rings. The van der Waals surface area contributed by atoms with Gasteiger partial charge in [0, 0.05) is 22.2 Å². The Kier molecular flexibility index (Phi) is 1.98. The zero-order valence-electron chi connectivity index (χ0n) is 7.45. The van der Waals surface area contributed by atoms with Crippen LogP contribution in [-0.2, 0) is 6.61 Å². The predicted molar refractivity (Wildman–Crippen MR) is 52.7 cm³/mol. The normalized spacial score (nSPS) is 10.6. The van der Waals surface area contributed by atoms with Gasteiger partial charge in [-0.25, -0.2) is 0 Å². The molecule has 4 N–H and O–H groups in total. The van der Waals surface area contributed by atoms with Gasteiger partial charge in [0.25, 0.3) is 0 Å². The van der Waals surface area contributed by atoms with E-state index in [-0.39, 0.29) is 6.61 Å². The van der Waals surface area contributed by atoms with Crippen LogP contribution in [0.25, 0.3) is 10.9 Å². The number of aliphatic hydroxyl groups excluding tert-OH is 1. The van der Waals surface area contributed by atoms with Crippen molar-refractivity contribution in [1.29, 1.82) is 0 Å². The van der Waals surface area contributed by atoms with Crippen molar-refractivity contribution in [2.45, 2.75) is 6.61 Å². The summed E-state index contributed by atoms with van der Waals surface area (Å²) in [7, 11) is 0. The maximum atomic E-state index is 11.1. The number of carbonyl (C=O) groups excluding carboxylic acids is 1. The average Bonchev–Trinajstić information content (AvgIpc) is 2.59. The summed E-state index contributed by atoms with van der Waals surface area (Å²) in [6, 6.07) is 6.98. The number of benzene rings is 1. The molecular weight excluding hydrogens is 180 g/mol. The van der Waals surface area contributed by atoms with Crippen molar-refractivity contribution in [3.63, 3.8) is 0 Å². The molecule has 4 nitrogen and oxygen atoms in total. The number of aromatic amines is 1. The third-order valence-electron chi connectivity index (χ3n) is 2.16. The molecule has 0 fully saturated rings. The van der Waals surface area contributed by atoms with Crippen molar-refractivity contribution in [2.75, 3.05) is 0 Å². The maximum Gasteiger partial charge on any atom is 0.249 e. The molecule has 0 radical (unpaired) electrons. The van der Waals surface area contributed by atoms with Gasteiger partial charge in [-0.05, 0) is 18.2 Å². The molecule has 0 aliphatic heterocycles. The standard InChI is InChI=1S/C10H10N2O2/c11-10(14)7-2-1-3-9-8(7)4-6(5-13)12-9/h1-4,12-13H,5H2,(H2,11,14). The van der Waals surface area contributed by atoms with Gasteiger partial charge in [0.1, 0.15) is 0 Å². The number of fused-ring (bicyclic) bond motifs is 1. The second-order valence-electron chi connectivity index (χ2n) is 3.08. The first-order valence-electron chi connectivity index (χ1n) is 4.23. The van der Waals surface area contributed by atoms with Gasteiger partial charge in [-0.2, -0.15) is 0 Å². The van der Waals surface area contributed by atoms with Crippen molar-refractivity contribution in [2.24, 2.45) is 5.73 Å². The fraction of sp³-hybridized carbons (Fsp3) is 0.100. The van der Waals surface area contributed by atoms with E-state index < -0.39 is 5.91 Å². The van der Waals surface area contributed by atoms with Crippen LogP contribution in [0.15, 0.2) is 24.3 Å². The van der Waals surface area contributed by atoms with Gasteiger partial charge >= 0.3 is 0 Å². The van der Waals surface area contributed by atoms with E-state index in [0.717, 1.165) is 10.9 Å². The molecule has 14 heavy (non-hydrogen) atoms. The van der Waals surface area contributed by atoms with E-state index in [4.69, 9.17) is 10.8 Å². The van der Waals surface area contributed by atoms with Gasteiger partial charge in [-0.1, -0.05) is 6.07 Å². The monoisotopic (exact) mass is 190 g/mol. The summed E-state index contributed by atoms with van der Waals surface area (Å²) in [5, 5.41) is 9.67. The molecule has 0 unspecified atom stereocenters. The van der Waals surface area contributed by atoms with Crippen molar-refractivity contribution < 1.29 is 9.90 Å². The number of rotatable bonds is 2. The van der Waals surface area contributed by atoms with Gasteiger partial charge in [-0.3, -0.25) is 4.79 Å². The lowest BCUT2D eigenvalue weighted by Gasteiger charge is -1.95. The molecule has 0 aliphatic rings. The number of primary amides is 1. The van der Waals surface area contributed by atoms with Crippen LogP contribution >= 0.6 is 0 Å². The van der Waals surface area contributed by atoms with Crippen molar-refractivity contribution >= 4 is 16.8 Å². The first-order valence-corrected chi connectivity index (χ1v) is 4.23. The first-order chi connectivity index (χ1) is 6.72. The Balaban J connectivity index is 2.73. The number of amides is 1. The fourth-order valence-corrected chi connectivity index (χ4v) is 1.51. The van der Waals surface area contributed by atoms with Gasteiger partial charge in [0.15, 0.2) is 0 Å². The summed E-state index contributed by atoms with van der Waals surface area (Å²) >= 11 is 0. The molecule has 1 aromatic heterocycles. The third-order valence-corrected chi connectivity index (χ3v) is 2.16. The zero-order chi connectivity index (χ0) is 10.1. The topological polar surface area (TPSA) is 79.1 Å². The second-order valence-corrected chi connectivity index (χ2v) is 3.08. The number of aromatic nitrogens is 1. The lowest BCUT2D eigenvalue weighted by molar-refractivity contribution is 0.100. The van der Waals surface area contributed by atoms with Gasteiger partial charge in [0.05, 0.1) is 6.61 Å². The number of nitrogens with two attached hydrogens (primary N) is 1. The van der Waals surface area contributed by atoms with E-state index in [9.17, 15) is 4.79 Å². The van der Waals surface area contributed by atoms with Crippen LogP contribution in [-0.4, -0.2) is 16.0 Å². The summed E-state index contributed by atoms with van der Waals surface area (Å²) in [4.78, 5) is 14.0. The zero-order valence-corrected chi connectivity index (χ0v) is 7.45. The van der Waals surface area contributed by atoms with E-state index in [1.54, 1.807) is 18.2 Å². The van der Waals surface area contributed by atoms with Crippen LogP contribution in [0.1, 0.15) is 16.1 Å². The highest BCUT2D eigenvalue weighted by molar-refractivity contribution is 6.05. The molecule has 0 atom stereocenters. The summed E-state index contributed by atoms with van der Waals surface area (Å²) in [5.41, 5.74) is 7.17. The Hall–Kier alpha value is -1.81. The first kappa shape index (κ1) is 8.77. The summed E-state index contributed by atoms with van der Waals surface area (Å²) in [5.74, 6) is -0.459. The lowest BCUT2D eigenvalue weighted by atomic mass is 10.1. The highest BCUT2D eigenvalue weighted by Gasteiger charge is 2.08. The highest BCUT2D eigenvalue weighted by atomic mass is 16.3. The maximum absolute atomic E-state index is 11.1. The van der Waals surface area contributed by atoms with E-state index in [1.165, 1.54) is 0 Å². The summed E-state index contributed by atoms with van der Waals surface area (Å²) in [6.07, 6.45) is 0. The molecule has 1 heterocycles. The number of H-pyrrole nitrogens is 1. The molecule has 0 saturated heterocycles. The minimum absolute atomic E-state index is 0.0765. The van der Waals surface area contributed by atoms with Crippen molar-refractivity contribution in [3.05, 3.63) is 35.5 Å². The Morgan fingerprint density at radius 1 is 1.50 bits per heavy atom. The Morgan fingerprint density at radius 2 is 2.29 bits per heavy atom. The van der Waals surface area contributed by atoms with Gasteiger partial charge in [0.2, 0.25) is 5.91 Å². The van der Waals surface area contributed by atoms with Gasteiger partial charge in [-0.15, -0.1) is 0 Å². The van der Waals surface area contributed by atoms with E-state index >= 15 is 0 Å². The smallest absolute Gasteiger partial charge is 0.249 e. The minimum atomic E-state index is -0.459. The predicted octanol–water partition coefficient (Wildman–Crippen LogP) is 0.759. The molecule has 72 valence electrons. The number of hydrogen-bond acceptors (Lipinski definition) is 2. The van der Waals surface area contributed by atoms with Crippen molar-refractivity contribution in [1.82, 2.24) is 4.98 Å². The Bertz CT molecular complexity index is 488. The van der Waals surface area contributed by atoms with Crippen LogP contribution in [0.2, 0.25) is 0 Å². The molecular formula is C10H10N2O2. The second kappa shape index (κ2) is 3.16. The third kappa shape index (κ3) is 1.25. The molecule has 0 aliphatic carbocycles. The van der Waals surface area contributed by atoms with Crippen LogP contribution in [0, 0.1) is 0 Å². The highest BCUT2D eigenvalue weighted by Crippen LogP contribution is 2.19. The minimum Gasteiger partial charge on any atom is -0.390 e. The largest absolute Gasteiger partial charge is 0.390 e. The Morgan fingerprint density at radius 3 is 2.93 bits per heavy atom. The molecule has 1 aromatic carbocycles. The molecule has 4 heteroatoms. The quantitative estimate of drug-likeness (QED) is 0.653. The summed E-state index contributed by atoms with van der Waals surface area (Å²) < 4.78 is 0. The average molecular weight is 190 g/mol. The van der Waals surface area contributed by atoms with E-state index in [1.807, 2.05) is 6.07 Å². The van der Waals surface area contributed by atoms with Crippen LogP contribution in [0.4, 0.5) is 0 Å². The van der Waals surface area contributed by atoms with Crippen LogP contribution < -0.4 is 5.73 Å². The molecule has 0 bridgehead atoms. The lowest BCUT2D eigenvalue weighted by Crippen LogP contribution is -2.10. The SMILES string of the molecule is NC(=O)c1cccc2[nH]c(CO)cc12. The molecule has 1 amide bonds. The fourth-order valence-electron chi connectivity index (χ4n) is 1.51. The molecule has 2 rings (SSSR count). The van der Waals surface area contributed by atoms with E-state index in [2.05, 4.69) is 4.98 Å². The molecule has 0 saturated carbocycles. The number of carbonyl (C=O) groups is 1. The summed E-state index contributed by atoms with van der Waals surface area (Å²) in [6.45, 7) is -0.0765. The molecule has 0 spiro atoms. The van der Waals surface area contributed by atoms with Crippen molar-refractivity contribution in [3.8, 4) is 0 Å². The number of nitrogens with one attached hydrogen (secondary N) is 1. The van der Waals surface area contributed by atoms with Crippen LogP contribution in [0.3, 0.4) is 0 Å². The number of aliphatic hydroxyl groups is 1. The van der Waals surface area contributed by atoms with Gasteiger partial charge < -0.3 is 15.8 Å². The Labute approximate surface area is 80.3 Å². The van der Waals surface area contributed by atoms with E-state index in [0.29, 0.717) is 11.3 Å². The number of hydrogen-bond donors (Lipinski definition) is 3. The van der Waals surface area contributed by atoms with Crippen LogP contribution in [0.5, 0.6) is 0 Å².